The summed E-state index contributed by atoms with van der Waals surface area (Å²) < 4.78 is 10.5. The molecule has 1 amide bonds. The van der Waals surface area contributed by atoms with E-state index < -0.39 is 18.0 Å². The first-order valence-corrected chi connectivity index (χ1v) is 8.58. The molecule has 0 aliphatic rings. The van der Waals surface area contributed by atoms with Crippen molar-refractivity contribution in [1.82, 2.24) is 4.98 Å². The Balaban J connectivity index is 1.55. The molecular formula is C21H18N2O5. The fourth-order valence-electron chi connectivity index (χ4n) is 2.40. The first-order chi connectivity index (χ1) is 13.4. The molecule has 0 fully saturated rings. The first-order valence-electron chi connectivity index (χ1n) is 8.58. The number of hydrogen-bond donors (Lipinski definition) is 1. The average Bonchev–Trinajstić information content (AvgIpc) is 3.09. The summed E-state index contributed by atoms with van der Waals surface area (Å²) in [5.41, 5.74) is 2.33. The van der Waals surface area contributed by atoms with Crippen LogP contribution in [-0.2, 0) is 14.3 Å². The van der Waals surface area contributed by atoms with E-state index in [4.69, 9.17) is 9.15 Å². The summed E-state index contributed by atoms with van der Waals surface area (Å²) in [4.78, 5) is 39.5. The first kappa shape index (κ1) is 19.0. The van der Waals surface area contributed by atoms with Crippen LogP contribution in [0.2, 0.25) is 0 Å². The number of para-hydroxylation sites is 2. The number of ether oxygens (including phenoxy) is 1. The van der Waals surface area contributed by atoms with Crippen LogP contribution < -0.4 is 5.32 Å². The van der Waals surface area contributed by atoms with Crippen molar-refractivity contribution in [3.05, 3.63) is 66.1 Å². The molecule has 1 aromatic heterocycles. The van der Waals surface area contributed by atoms with Crippen molar-refractivity contribution in [1.29, 1.82) is 0 Å². The van der Waals surface area contributed by atoms with Gasteiger partial charge in [0.05, 0.1) is 0 Å². The summed E-state index contributed by atoms with van der Waals surface area (Å²) in [5.74, 6) is -0.984. The summed E-state index contributed by atoms with van der Waals surface area (Å²) in [5, 5.41) is 2.62. The number of oxazole rings is 1. The molecule has 0 aliphatic heterocycles. The molecule has 3 rings (SSSR count). The number of nitrogens with one attached hydrogen (secondary N) is 1. The van der Waals surface area contributed by atoms with E-state index in [0.29, 0.717) is 22.4 Å². The molecular weight excluding hydrogens is 360 g/mol. The summed E-state index contributed by atoms with van der Waals surface area (Å²) >= 11 is 0. The van der Waals surface area contributed by atoms with Crippen molar-refractivity contribution < 1.29 is 23.5 Å². The fourth-order valence-corrected chi connectivity index (χ4v) is 2.40. The van der Waals surface area contributed by atoms with E-state index in [1.807, 2.05) is 12.1 Å². The Labute approximate surface area is 161 Å². The minimum atomic E-state index is -1.01. The highest BCUT2D eigenvalue weighted by Crippen LogP contribution is 2.15. The van der Waals surface area contributed by atoms with Gasteiger partial charge in [-0.3, -0.25) is 9.59 Å². The largest absolute Gasteiger partial charge is 0.449 e. The van der Waals surface area contributed by atoms with E-state index in [1.54, 1.807) is 36.4 Å². The number of carbonyl (C=O) groups is 3. The molecule has 1 N–H and O–H groups in total. The van der Waals surface area contributed by atoms with E-state index in [9.17, 15) is 14.4 Å². The van der Waals surface area contributed by atoms with Gasteiger partial charge in [-0.25, -0.2) is 9.78 Å². The maximum absolute atomic E-state index is 12.1. The number of ketones is 1. The lowest BCUT2D eigenvalue weighted by atomic mass is 10.1. The van der Waals surface area contributed by atoms with Crippen molar-refractivity contribution in [2.24, 2.45) is 0 Å². The van der Waals surface area contributed by atoms with Crippen LogP contribution >= 0.6 is 0 Å². The second-order valence-corrected chi connectivity index (χ2v) is 6.06. The molecule has 3 aromatic rings. The van der Waals surface area contributed by atoms with E-state index in [2.05, 4.69) is 10.3 Å². The van der Waals surface area contributed by atoms with Gasteiger partial charge in [-0.2, -0.15) is 0 Å². The smallest absolute Gasteiger partial charge is 0.331 e. The Kier molecular flexibility index (Phi) is 5.64. The van der Waals surface area contributed by atoms with Gasteiger partial charge < -0.3 is 14.5 Å². The molecule has 0 unspecified atom stereocenters. The van der Waals surface area contributed by atoms with Crippen LogP contribution in [-0.4, -0.2) is 28.7 Å². The highest BCUT2D eigenvalue weighted by atomic mass is 16.5. The summed E-state index contributed by atoms with van der Waals surface area (Å²) in [6, 6.07) is 13.7. The maximum atomic E-state index is 12.1. The van der Waals surface area contributed by atoms with E-state index in [-0.39, 0.29) is 11.7 Å². The molecule has 0 saturated carbocycles. The van der Waals surface area contributed by atoms with Crippen LogP contribution in [0.25, 0.3) is 17.2 Å². The van der Waals surface area contributed by atoms with Crippen LogP contribution in [0.4, 0.5) is 5.69 Å². The van der Waals surface area contributed by atoms with Crippen molar-refractivity contribution >= 4 is 40.5 Å². The number of aromatic nitrogens is 1. The lowest BCUT2D eigenvalue weighted by Gasteiger charge is -2.12. The average molecular weight is 378 g/mol. The number of nitrogens with zero attached hydrogens (tertiary/aromatic N) is 1. The number of amides is 1. The molecule has 1 atom stereocenters. The van der Waals surface area contributed by atoms with E-state index in [0.717, 1.165) is 6.08 Å². The second kappa shape index (κ2) is 8.30. The summed E-state index contributed by atoms with van der Waals surface area (Å²) in [6.45, 7) is 2.92. The van der Waals surface area contributed by atoms with Crippen molar-refractivity contribution in [2.75, 3.05) is 5.32 Å². The molecule has 2 aromatic carbocycles. The van der Waals surface area contributed by atoms with Crippen LogP contribution in [0.3, 0.4) is 0 Å². The molecule has 7 heteroatoms. The highest BCUT2D eigenvalue weighted by molar-refractivity contribution is 5.98. The molecule has 0 radical (unpaired) electrons. The Morgan fingerprint density at radius 2 is 1.82 bits per heavy atom. The van der Waals surface area contributed by atoms with Crippen molar-refractivity contribution in [3.63, 3.8) is 0 Å². The Morgan fingerprint density at radius 3 is 2.50 bits per heavy atom. The summed E-state index contributed by atoms with van der Waals surface area (Å²) in [7, 11) is 0. The van der Waals surface area contributed by atoms with Gasteiger partial charge in [0, 0.05) is 23.4 Å². The number of fused-ring (bicyclic) bond motifs is 1. The number of hydrogen-bond acceptors (Lipinski definition) is 6. The predicted octanol–water partition coefficient (Wildman–Crippen LogP) is 3.61. The number of benzene rings is 2. The van der Waals surface area contributed by atoms with Gasteiger partial charge in [0.15, 0.2) is 17.5 Å². The normalized spacial score (nSPS) is 12.1. The SMILES string of the molecule is CC(=O)c1ccc(NC(=O)[C@H](C)OC(=O)/C=C/c2nc3ccccc3o2)cc1. The van der Waals surface area contributed by atoms with E-state index >= 15 is 0 Å². The zero-order valence-electron chi connectivity index (χ0n) is 15.3. The molecule has 7 nitrogen and oxygen atoms in total. The van der Waals surface area contributed by atoms with Crippen molar-refractivity contribution in [2.45, 2.75) is 20.0 Å². The van der Waals surface area contributed by atoms with Crippen LogP contribution in [0, 0.1) is 0 Å². The van der Waals surface area contributed by atoms with Gasteiger partial charge in [0.2, 0.25) is 5.89 Å². The van der Waals surface area contributed by atoms with E-state index in [1.165, 1.54) is 19.9 Å². The quantitative estimate of drug-likeness (QED) is 0.400. The number of Topliss-reactive ketones (excluding diaryl/α,β-unsaturated/α-hetero) is 1. The van der Waals surface area contributed by atoms with Crippen molar-refractivity contribution in [3.8, 4) is 0 Å². The molecule has 28 heavy (non-hydrogen) atoms. The Bertz CT molecular complexity index is 1020. The lowest BCUT2D eigenvalue weighted by Crippen LogP contribution is -2.29. The second-order valence-electron chi connectivity index (χ2n) is 6.06. The van der Waals surface area contributed by atoms with Gasteiger partial charge in [0.25, 0.3) is 5.91 Å². The standard InChI is InChI=1S/C21H18N2O5/c1-13(24)15-7-9-16(10-8-15)22-21(26)14(2)27-20(25)12-11-19-23-17-5-3-4-6-18(17)28-19/h3-12,14H,1-2H3,(H,22,26)/b12-11+/t14-/m0/s1. The minimum absolute atomic E-state index is 0.0640. The number of esters is 1. The zero-order valence-corrected chi connectivity index (χ0v) is 15.3. The van der Waals surface area contributed by atoms with Gasteiger partial charge in [0.1, 0.15) is 5.52 Å². The molecule has 0 bridgehead atoms. The molecule has 0 saturated heterocycles. The van der Waals surface area contributed by atoms with Crippen LogP contribution in [0.5, 0.6) is 0 Å². The summed E-state index contributed by atoms with van der Waals surface area (Å²) in [6.07, 6.45) is 1.53. The van der Waals surface area contributed by atoms with Gasteiger partial charge >= 0.3 is 5.97 Å². The number of anilines is 1. The predicted molar refractivity (Wildman–Crippen MR) is 104 cm³/mol. The highest BCUT2D eigenvalue weighted by Gasteiger charge is 2.17. The zero-order chi connectivity index (χ0) is 20.1. The molecule has 142 valence electrons. The fraction of sp³-hybridized carbons (Fsp3) is 0.143. The monoisotopic (exact) mass is 378 g/mol. The Hall–Kier alpha value is -3.74. The third-order valence-corrected chi connectivity index (χ3v) is 3.89. The van der Waals surface area contributed by atoms with Crippen LogP contribution in [0.15, 0.2) is 59.0 Å². The number of carbonyl (C=O) groups excluding carboxylic acids is 3. The molecule has 0 aliphatic carbocycles. The molecule has 1 heterocycles. The van der Waals surface area contributed by atoms with Gasteiger partial charge in [-0.15, -0.1) is 0 Å². The molecule has 0 spiro atoms. The lowest BCUT2D eigenvalue weighted by molar-refractivity contribution is -0.148. The van der Waals surface area contributed by atoms with Crippen LogP contribution in [0.1, 0.15) is 30.1 Å². The maximum Gasteiger partial charge on any atom is 0.331 e. The van der Waals surface area contributed by atoms with Gasteiger partial charge in [-0.05, 0) is 50.2 Å². The third kappa shape index (κ3) is 4.70. The van der Waals surface area contributed by atoms with Gasteiger partial charge in [-0.1, -0.05) is 12.1 Å². The minimum Gasteiger partial charge on any atom is -0.449 e. The topological polar surface area (TPSA) is 98.5 Å². The Morgan fingerprint density at radius 1 is 1.11 bits per heavy atom. The number of rotatable bonds is 6. The third-order valence-electron chi connectivity index (χ3n) is 3.89.